The minimum atomic E-state index is 0.00457. The highest BCUT2D eigenvalue weighted by Gasteiger charge is 2.23. The van der Waals surface area contributed by atoms with E-state index in [0.717, 1.165) is 53.1 Å². The average molecular weight is 428 g/mol. The van der Waals surface area contributed by atoms with E-state index in [1.165, 1.54) is 5.56 Å². The molecular weight excluding hydrogens is 402 g/mol. The highest BCUT2D eigenvalue weighted by molar-refractivity contribution is 7.98. The number of hydrogen-bond acceptors (Lipinski definition) is 6. The molecule has 0 aliphatic carbocycles. The molecule has 0 unspecified atom stereocenters. The van der Waals surface area contributed by atoms with Crippen molar-refractivity contribution in [3.8, 4) is 0 Å². The molecular formula is C22H25N3O2S2. The average Bonchev–Trinajstić information content (AvgIpc) is 3.17. The molecule has 7 heteroatoms. The van der Waals surface area contributed by atoms with Crippen LogP contribution in [0.4, 0.5) is 5.13 Å². The molecule has 4 rings (SSSR count). The van der Waals surface area contributed by atoms with Gasteiger partial charge < -0.3 is 4.74 Å². The van der Waals surface area contributed by atoms with Crippen molar-refractivity contribution < 1.29 is 9.53 Å². The number of nitrogens with zero attached hydrogens (tertiary/aromatic N) is 3. The molecule has 0 N–H and O–H groups in total. The quantitative estimate of drug-likeness (QED) is 0.549. The van der Waals surface area contributed by atoms with Crippen LogP contribution in [0, 0.1) is 6.92 Å². The number of carbonyl (C=O) groups excluding carboxylic acids is 1. The van der Waals surface area contributed by atoms with Crippen LogP contribution in [0.15, 0.2) is 47.4 Å². The maximum atomic E-state index is 13.5. The van der Waals surface area contributed by atoms with E-state index in [2.05, 4.69) is 24.0 Å². The highest BCUT2D eigenvalue weighted by atomic mass is 32.2. The summed E-state index contributed by atoms with van der Waals surface area (Å²) in [6, 6.07) is 14.1. The Morgan fingerprint density at radius 1 is 1.24 bits per heavy atom. The smallest absolute Gasteiger partial charge is 0.260 e. The van der Waals surface area contributed by atoms with Gasteiger partial charge in [0, 0.05) is 36.6 Å². The van der Waals surface area contributed by atoms with Crippen molar-refractivity contribution in [1.82, 2.24) is 9.88 Å². The Kier molecular flexibility index (Phi) is 6.50. The Bertz CT molecular complexity index is 999. The monoisotopic (exact) mass is 427 g/mol. The van der Waals surface area contributed by atoms with Crippen molar-refractivity contribution in [2.75, 3.05) is 50.5 Å². The van der Waals surface area contributed by atoms with Crippen LogP contribution in [-0.2, 0) is 4.74 Å². The standard InChI is InChI=1S/C22H25N3O2S2/c1-16-6-7-19-20(14-16)29-22(23-19)25(9-8-24-10-12-27-13-11-24)21(26)17-4-3-5-18(15-17)28-2/h3-7,14-15H,8-13H2,1-2H3. The number of thiazole rings is 1. The molecule has 0 saturated carbocycles. The van der Waals surface area contributed by atoms with Gasteiger partial charge in [-0.3, -0.25) is 14.6 Å². The van der Waals surface area contributed by atoms with Gasteiger partial charge in [-0.05, 0) is 49.1 Å². The number of rotatable bonds is 6. The van der Waals surface area contributed by atoms with Gasteiger partial charge >= 0.3 is 0 Å². The predicted molar refractivity (Wildman–Crippen MR) is 122 cm³/mol. The van der Waals surface area contributed by atoms with E-state index in [1.807, 2.05) is 41.5 Å². The van der Waals surface area contributed by atoms with E-state index in [-0.39, 0.29) is 5.91 Å². The summed E-state index contributed by atoms with van der Waals surface area (Å²) in [7, 11) is 0. The Balaban J connectivity index is 1.64. The molecule has 1 aliphatic rings. The second-order valence-corrected chi connectivity index (χ2v) is 9.00. The normalized spacial score (nSPS) is 15.0. The van der Waals surface area contributed by atoms with E-state index in [0.29, 0.717) is 12.1 Å². The number of hydrogen-bond donors (Lipinski definition) is 0. The van der Waals surface area contributed by atoms with Gasteiger partial charge in [0.1, 0.15) is 0 Å². The van der Waals surface area contributed by atoms with Crippen LogP contribution in [0.5, 0.6) is 0 Å². The topological polar surface area (TPSA) is 45.7 Å². The van der Waals surface area contributed by atoms with Gasteiger partial charge in [0.2, 0.25) is 0 Å². The zero-order chi connectivity index (χ0) is 20.2. The third-order valence-electron chi connectivity index (χ3n) is 5.07. The highest BCUT2D eigenvalue weighted by Crippen LogP contribution is 2.31. The van der Waals surface area contributed by atoms with Crippen LogP contribution in [0.2, 0.25) is 0 Å². The first-order chi connectivity index (χ1) is 14.1. The van der Waals surface area contributed by atoms with Crippen LogP contribution < -0.4 is 4.90 Å². The molecule has 1 saturated heterocycles. The fourth-order valence-electron chi connectivity index (χ4n) is 3.40. The second-order valence-electron chi connectivity index (χ2n) is 7.11. The number of fused-ring (bicyclic) bond motifs is 1. The van der Waals surface area contributed by atoms with Gasteiger partial charge in [0.05, 0.1) is 23.4 Å². The summed E-state index contributed by atoms with van der Waals surface area (Å²) in [6.45, 7) is 6.82. The van der Waals surface area contributed by atoms with E-state index >= 15 is 0 Å². The SMILES string of the molecule is CSc1cccc(C(=O)N(CCN2CCOCC2)c2nc3ccc(C)cc3s2)c1. The Labute approximate surface area is 179 Å². The van der Waals surface area contributed by atoms with E-state index in [4.69, 9.17) is 9.72 Å². The molecule has 1 aromatic heterocycles. The summed E-state index contributed by atoms with van der Waals surface area (Å²) in [5, 5.41) is 0.762. The van der Waals surface area contributed by atoms with Crippen LogP contribution in [0.25, 0.3) is 10.2 Å². The molecule has 0 spiro atoms. The van der Waals surface area contributed by atoms with Crippen molar-refractivity contribution in [3.05, 3.63) is 53.6 Å². The summed E-state index contributed by atoms with van der Waals surface area (Å²) in [5.41, 5.74) is 2.85. The van der Waals surface area contributed by atoms with Crippen molar-refractivity contribution in [2.45, 2.75) is 11.8 Å². The predicted octanol–water partition coefficient (Wildman–Crippen LogP) is 4.31. The first-order valence-corrected chi connectivity index (χ1v) is 11.8. The molecule has 29 heavy (non-hydrogen) atoms. The fraction of sp³-hybridized carbons (Fsp3) is 0.364. The number of aryl methyl sites for hydroxylation is 1. The molecule has 2 aromatic carbocycles. The first kappa shape index (κ1) is 20.3. The number of carbonyl (C=O) groups is 1. The van der Waals surface area contributed by atoms with Gasteiger partial charge in [-0.25, -0.2) is 4.98 Å². The molecule has 0 atom stereocenters. The molecule has 0 bridgehead atoms. The third kappa shape index (κ3) is 4.80. The van der Waals surface area contributed by atoms with Crippen LogP contribution in [0.1, 0.15) is 15.9 Å². The van der Waals surface area contributed by atoms with Crippen LogP contribution in [-0.4, -0.2) is 61.4 Å². The maximum absolute atomic E-state index is 13.5. The van der Waals surface area contributed by atoms with E-state index in [9.17, 15) is 4.79 Å². The largest absolute Gasteiger partial charge is 0.379 e. The van der Waals surface area contributed by atoms with Crippen molar-refractivity contribution in [1.29, 1.82) is 0 Å². The molecule has 1 amide bonds. The number of ether oxygens (including phenoxy) is 1. The zero-order valence-corrected chi connectivity index (χ0v) is 18.4. The molecule has 2 heterocycles. The zero-order valence-electron chi connectivity index (χ0n) is 16.8. The molecule has 1 fully saturated rings. The molecule has 152 valence electrons. The first-order valence-electron chi connectivity index (χ1n) is 9.77. The summed E-state index contributed by atoms with van der Waals surface area (Å²) in [5.74, 6) is 0.00457. The lowest BCUT2D eigenvalue weighted by atomic mass is 10.2. The van der Waals surface area contributed by atoms with Gasteiger partial charge in [-0.1, -0.05) is 23.5 Å². The van der Waals surface area contributed by atoms with Crippen molar-refractivity contribution in [3.63, 3.8) is 0 Å². The molecule has 5 nitrogen and oxygen atoms in total. The number of benzene rings is 2. The number of amides is 1. The lowest BCUT2D eigenvalue weighted by Gasteiger charge is -2.29. The second kappa shape index (κ2) is 9.26. The summed E-state index contributed by atoms with van der Waals surface area (Å²) < 4.78 is 6.56. The number of aromatic nitrogens is 1. The summed E-state index contributed by atoms with van der Waals surface area (Å²) in [4.78, 5) is 23.5. The van der Waals surface area contributed by atoms with Gasteiger partial charge in [0.15, 0.2) is 5.13 Å². The summed E-state index contributed by atoms with van der Waals surface area (Å²) in [6.07, 6.45) is 2.02. The Morgan fingerprint density at radius 3 is 2.86 bits per heavy atom. The lowest BCUT2D eigenvalue weighted by molar-refractivity contribution is 0.0391. The van der Waals surface area contributed by atoms with Gasteiger partial charge in [0.25, 0.3) is 5.91 Å². The number of thioether (sulfide) groups is 1. The molecule has 0 radical (unpaired) electrons. The van der Waals surface area contributed by atoms with Crippen LogP contribution >= 0.6 is 23.1 Å². The molecule has 3 aromatic rings. The third-order valence-corrected chi connectivity index (χ3v) is 6.84. The van der Waals surface area contributed by atoms with Crippen LogP contribution in [0.3, 0.4) is 0 Å². The van der Waals surface area contributed by atoms with Crippen molar-refractivity contribution >= 4 is 44.4 Å². The number of morpholine rings is 1. The molecule has 1 aliphatic heterocycles. The van der Waals surface area contributed by atoms with E-state index in [1.54, 1.807) is 23.1 Å². The minimum Gasteiger partial charge on any atom is -0.379 e. The van der Waals surface area contributed by atoms with Gasteiger partial charge in [-0.2, -0.15) is 0 Å². The van der Waals surface area contributed by atoms with Gasteiger partial charge in [-0.15, -0.1) is 11.8 Å². The van der Waals surface area contributed by atoms with Crippen molar-refractivity contribution in [2.24, 2.45) is 0 Å². The lowest BCUT2D eigenvalue weighted by Crippen LogP contribution is -2.43. The Hall–Kier alpha value is -1.93. The minimum absolute atomic E-state index is 0.00457. The Morgan fingerprint density at radius 2 is 2.07 bits per heavy atom. The summed E-state index contributed by atoms with van der Waals surface area (Å²) >= 11 is 3.23. The van der Waals surface area contributed by atoms with E-state index < -0.39 is 0 Å². The maximum Gasteiger partial charge on any atom is 0.260 e. The number of anilines is 1. The fourth-order valence-corrected chi connectivity index (χ4v) is 4.94.